The van der Waals surface area contributed by atoms with Crippen LogP contribution in [0.4, 0.5) is 5.69 Å². The van der Waals surface area contributed by atoms with Crippen LogP contribution in [-0.4, -0.2) is 50.7 Å². The van der Waals surface area contributed by atoms with E-state index in [2.05, 4.69) is 5.32 Å². The summed E-state index contributed by atoms with van der Waals surface area (Å²) in [6.07, 6.45) is 0. The number of nitrogens with one attached hydrogen (secondary N) is 1. The number of rotatable bonds is 7. The summed E-state index contributed by atoms with van der Waals surface area (Å²) in [6, 6.07) is 14.0. The van der Waals surface area contributed by atoms with Gasteiger partial charge in [0.25, 0.3) is 0 Å². The molecule has 0 unspecified atom stereocenters. The van der Waals surface area contributed by atoms with Crippen molar-refractivity contribution < 1.29 is 13.2 Å². The molecule has 0 spiro atoms. The summed E-state index contributed by atoms with van der Waals surface area (Å²) in [5.41, 5.74) is 2.80. The van der Waals surface area contributed by atoms with E-state index in [1.54, 1.807) is 12.1 Å². The molecular formula is C20H27N3O3S. The van der Waals surface area contributed by atoms with E-state index in [1.165, 1.54) is 37.4 Å². The highest BCUT2D eigenvalue weighted by molar-refractivity contribution is 7.89. The molecule has 1 N–H and O–H groups in total. The summed E-state index contributed by atoms with van der Waals surface area (Å²) in [4.78, 5) is 14.7. The van der Waals surface area contributed by atoms with Crippen LogP contribution < -0.4 is 5.32 Å². The third kappa shape index (κ3) is 5.15. The highest BCUT2D eigenvalue weighted by atomic mass is 32.2. The zero-order valence-corrected chi connectivity index (χ0v) is 17.2. The minimum atomic E-state index is -3.55. The molecule has 2 aromatic rings. The van der Waals surface area contributed by atoms with Gasteiger partial charge in [-0.15, -0.1) is 0 Å². The molecule has 27 heavy (non-hydrogen) atoms. The van der Waals surface area contributed by atoms with E-state index in [4.69, 9.17) is 0 Å². The van der Waals surface area contributed by atoms with Gasteiger partial charge in [-0.05, 0) is 50.2 Å². The Kier molecular flexibility index (Phi) is 6.75. The van der Waals surface area contributed by atoms with Gasteiger partial charge in [0.05, 0.1) is 10.9 Å². The first-order valence-electron chi connectivity index (χ1n) is 8.71. The second-order valence-corrected chi connectivity index (χ2v) is 8.97. The fourth-order valence-corrected chi connectivity index (χ4v) is 3.53. The molecule has 146 valence electrons. The Bertz CT molecular complexity index is 910. The maximum absolute atomic E-state index is 12.6. The Morgan fingerprint density at radius 2 is 1.74 bits per heavy atom. The maximum Gasteiger partial charge on any atom is 0.242 e. The SMILES string of the molecule is Cc1ccccc1CN(C)[C@@H](C)C(=O)Nc1cccc(S(=O)(=O)N(C)C)c1. The van der Waals surface area contributed by atoms with Crippen LogP contribution in [0.1, 0.15) is 18.1 Å². The highest BCUT2D eigenvalue weighted by Gasteiger charge is 2.21. The van der Waals surface area contributed by atoms with E-state index in [0.717, 1.165) is 4.31 Å². The van der Waals surface area contributed by atoms with E-state index in [1.807, 2.05) is 50.1 Å². The van der Waals surface area contributed by atoms with Crippen LogP contribution in [0.3, 0.4) is 0 Å². The van der Waals surface area contributed by atoms with Crippen molar-refractivity contribution in [3.05, 3.63) is 59.7 Å². The number of carbonyl (C=O) groups excluding carboxylic acids is 1. The summed E-state index contributed by atoms with van der Waals surface area (Å²) in [5.74, 6) is -0.189. The lowest BCUT2D eigenvalue weighted by atomic mass is 10.1. The predicted octanol–water partition coefficient (Wildman–Crippen LogP) is 2.70. The first kappa shape index (κ1) is 21.1. The van der Waals surface area contributed by atoms with Crippen molar-refractivity contribution in [2.24, 2.45) is 0 Å². The molecule has 6 nitrogen and oxygen atoms in total. The Labute approximate surface area is 161 Å². The molecule has 2 rings (SSSR count). The number of likely N-dealkylation sites (N-methyl/N-ethyl adjacent to an activating group) is 1. The van der Waals surface area contributed by atoms with Gasteiger partial charge in [-0.2, -0.15) is 0 Å². The van der Waals surface area contributed by atoms with Crippen LogP contribution in [0.25, 0.3) is 0 Å². The molecule has 1 amide bonds. The Morgan fingerprint density at radius 1 is 1.07 bits per heavy atom. The van der Waals surface area contributed by atoms with E-state index >= 15 is 0 Å². The third-order valence-electron chi connectivity index (χ3n) is 4.60. The quantitative estimate of drug-likeness (QED) is 0.790. The molecule has 0 aromatic heterocycles. The number of hydrogen-bond donors (Lipinski definition) is 1. The lowest BCUT2D eigenvalue weighted by Gasteiger charge is -2.24. The first-order chi connectivity index (χ1) is 12.6. The van der Waals surface area contributed by atoms with E-state index < -0.39 is 10.0 Å². The molecule has 0 aliphatic heterocycles. The number of nitrogens with zero attached hydrogens (tertiary/aromatic N) is 2. The molecule has 0 aliphatic rings. The largest absolute Gasteiger partial charge is 0.325 e. The summed E-state index contributed by atoms with van der Waals surface area (Å²) >= 11 is 0. The molecule has 0 heterocycles. The number of aryl methyl sites for hydroxylation is 1. The van der Waals surface area contributed by atoms with Gasteiger partial charge in [0.15, 0.2) is 0 Å². The number of anilines is 1. The number of amides is 1. The summed E-state index contributed by atoms with van der Waals surface area (Å²) in [7, 11) is 1.30. The predicted molar refractivity (Wildman–Crippen MR) is 108 cm³/mol. The minimum Gasteiger partial charge on any atom is -0.325 e. The zero-order chi connectivity index (χ0) is 20.2. The van der Waals surface area contributed by atoms with Crippen molar-refractivity contribution in [2.45, 2.75) is 31.3 Å². The van der Waals surface area contributed by atoms with Crippen LogP contribution >= 0.6 is 0 Å². The van der Waals surface area contributed by atoms with Crippen molar-refractivity contribution in [3.8, 4) is 0 Å². The van der Waals surface area contributed by atoms with Crippen LogP contribution in [0, 0.1) is 6.92 Å². The fourth-order valence-electron chi connectivity index (χ4n) is 2.59. The molecule has 0 saturated heterocycles. The third-order valence-corrected chi connectivity index (χ3v) is 6.41. The molecular weight excluding hydrogens is 362 g/mol. The maximum atomic E-state index is 12.6. The Hall–Kier alpha value is -2.22. The van der Waals surface area contributed by atoms with Crippen molar-refractivity contribution in [2.75, 3.05) is 26.5 Å². The van der Waals surface area contributed by atoms with Gasteiger partial charge in [-0.1, -0.05) is 30.3 Å². The average Bonchev–Trinajstić information content (AvgIpc) is 2.63. The lowest BCUT2D eigenvalue weighted by molar-refractivity contribution is -0.120. The second-order valence-electron chi connectivity index (χ2n) is 6.82. The number of carbonyl (C=O) groups is 1. The van der Waals surface area contributed by atoms with Crippen LogP contribution in [0.2, 0.25) is 0 Å². The highest BCUT2D eigenvalue weighted by Crippen LogP contribution is 2.19. The molecule has 2 aromatic carbocycles. The zero-order valence-electron chi connectivity index (χ0n) is 16.4. The molecule has 0 saturated carbocycles. The normalized spacial score (nSPS) is 13.0. The van der Waals surface area contributed by atoms with Gasteiger partial charge in [-0.3, -0.25) is 9.69 Å². The summed E-state index contributed by atoms with van der Waals surface area (Å²) < 4.78 is 25.6. The smallest absolute Gasteiger partial charge is 0.242 e. The van der Waals surface area contributed by atoms with Crippen molar-refractivity contribution in [1.29, 1.82) is 0 Å². The molecule has 0 bridgehead atoms. The van der Waals surface area contributed by atoms with Gasteiger partial charge in [0, 0.05) is 26.3 Å². The molecule has 1 atom stereocenters. The number of hydrogen-bond acceptors (Lipinski definition) is 4. The van der Waals surface area contributed by atoms with Crippen molar-refractivity contribution in [1.82, 2.24) is 9.21 Å². The van der Waals surface area contributed by atoms with Crippen molar-refractivity contribution >= 4 is 21.6 Å². The fraction of sp³-hybridized carbons (Fsp3) is 0.350. The Balaban J connectivity index is 2.09. The minimum absolute atomic E-state index is 0.145. The lowest BCUT2D eigenvalue weighted by Crippen LogP contribution is -2.39. The van der Waals surface area contributed by atoms with Crippen molar-refractivity contribution in [3.63, 3.8) is 0 Å². The van der Waals surface area contributed by atoms with Gasteiger partial charge in [0.2, 0.25) is 15.9 Å². The van der Waals surface area contributed by atoms with E-state index in [0.29, 0.717) is 12.2 Å². The van der Waals surface area contributed by atoms with E-state index in [9.17, 15) is 13.2 Å². The van der Waals surface area contributed by atoms with Crippen LogP contribution in [0.15, 0.2) is 53.4 Å². The molecule has 0 radical (unpaired) electrons. The van der Waals surface area contributed by atoms with Gasteiger partial charge in [0.1, 0.15) is 0 Å². The standard InChI is InChI=1S/C20H27N3O3S/c1-15-9-6-7-10-17(15)14-23(5)16(2)20(24)21-18-11-8-12-19(13-18)27(25,26)22(3)4/h6-13,16H,14H2,1-5H3,(H,21,24)/t16-/m0/s1. The van der Waals surface area contributed by atoms with Crippen LogP contribution in [0.5, 0.6) is 0 Å². The Morgan fingerprint density at radius 3 is 2.37 bits per heavy atom. The molecule has 7 heteroatoms. The van der Waals surface area contributed by atoms with Gasteiger partial charge >= 0.3 is 0 Å². The number of benzene rings is 2. The summed E-state index contributed by atoms with van der Waals surface area (Å²) in [5, 5.41) is 2.81. The second kappa shape index (κ2) is 8.65. The monoisotopic (exact) mass is 389 g/mol. The topological polar surface area (TPSA) is 69.7 Å². The van der Waals surface area contributed by atoms with Gasteiger partial charge in [-0.25, -0.2) is 12.7 Å². The number of sulfonamides is 1. The molecule has 0 aliphatic carbocycles. The van der Waals surface area contributed by atoms with E-state index in [-0.39, 0.29) is 16.8 Å². The average molecular weight is 390 g/mol. The summed E-state index contributed by atoms with van der Waals surface area (Å²) in [6.45, 7) is 4.52. The molecule has 0 fully saturated rings. The van der Waals surface area contributed by atoms with Gasteiger partial charge < -0.3 is 5.32 Å². The first-order valence-corrected chi connectivity index (χ1v) is 10.1. The van der Waals surface area contributed by atoms with Crippen LogP contribution in [-0.2, 0) is 21.4 Å².